The zero-order valence-corrected chi connectivity index (χ0v) is 12.7. The number of alkyl carbamates (subject to hydrolysis) is 1. The molecule has 2 aliphatic rings. The van der Waals surface area contributed by atoms with Crippen LogP contribution in [0.5, 0.6) is 0 Å². The Bertz CT molecular complexity index is 625. The van der Waals surface area contributed by atoms with E-state index in [2.05, 4.69) is 5.32 Å². The van der Waals surface area contributed by atoms with E-state index in [1.807, 2.05) is 0 Å². The van der Waals surface area contributed by atoms with E-state index < -0.39 is 17.5 Å². The number of nitrogens with zero attached hydrogens (tertiary/aromatic N) is 1. The van der Waals surface area contributed by atoms with Crippen molar-refractivity contribution in [2.75, 3.05) is 19.6 Å². The predicted octanol–water partition coefficient (Wildman–Crippen LogP) is 2.58. The molecule has 118 valence electrons. The van der Waals surface area contributed by atoms with E-state index in [1.54, 1.807) is 4.90 Å². The van der Waals surface area contributed by atoms with E-state index in [4.69, 9.17) is 16.3 Å². The Morgan fingerprint density at radius 2 is 2.18 bits per heavy atom. The molecular weight excluding hydrogens is 311 g/mol. The molecule has 3 rings (SSSR count). The quantitative estimate of drug-likeness (QED) is 0.863. The summed E-state index contributed by atoms with van der Waals surface area (Å²) in [6, 6.07) is 3.76. The molecule has 2 heterocycles. The second-order valence-electron chi connectivity index (χ2n) is 5.70. The smallest absolute Gasteiger partial charge is 0.407 e. The summed E-state index contributed by atoms with van der Waals surface area (Å²) in [5.41, 5.74) is -0.223. The second kappa shape index (κ2) is 5.76. The minimum Gasteiger partial charge on any atom is -0.441 e. The van der Waals surface area contributed by atoms with Crippen molar-refractivity contribution in [1.82, 2.24) is 10.2 Å². The maximum atomic E-state index is 13.1. The molecular formula is C15H16ClFN2O3. The van der Waals surface area contributed by atoms with Gasteiger partial charge < -0.3 is 15.0 Å². The second-order valence-corrected chi connectivity index (χ2v) is 6.10. The Morgan fingerprint density at radius 3 is 2.86 bits per heavy atom. The van der Waals surface area contributed by atoms with Crippen LogP contribution in [0.25, 0.3) is 0 Å². The lowest BCUT2D eigenvalue weighted by molar-refractivity contribution is 0.0439. The van der Waals surface area contributed by atoms with Crippen molar-refractivity contribution in [2.45, 2.75) is 24.9 Å². The third-order valence-electron chi connectivity index (χ3n) is 4.21. The zero-order chi connectivity index (χ0) is 15.7. The van der Waals surface area contributed by atoms with Crippen LogP contribution in [-0.2, 0) is 4.74 Å². The number of carbonyl (C=O) groups is 2. The maximum Gasteiger partial charge on any atom is 0.407 e. The van der Waals surface area contributed by atoms with Crippen molar-refractivity contribution in [3.63, 3.8) is 0 Å². The van der Waals surface area contributed by atoms with E-state index in [0.29, 0.717) is 38.0 Å². The average molecular weight is 327 g/mol. The van der Waals surface area contributed by atoms with Gasteiger partial charge in [0.05, 0.1) is 17.1 Å². The normalized spacial score (nSPS) is 24.8. The summed E-state index contributed by atoms with van der Waals surface area (Å²) in [7, 11) is 0. The van der Waals surface area contributed by atoms with Gasteiger partial charge in [-0.25, -0.2) is 9.18 Å². The molecule has 7 heteroatoms. The van der Waals surface area contributed by atoms with Gasteiger partial charge in [0.25, 0.3) is 5.91 Å². The van der Waals surface area contributed by atoms with Gasteiger partial charge in [-0.15, -0.1) is 0 Å². The van der Waals surface area contributed by atoms with E-state index in [1.165, 1.54) is 12.1 Å². The number of rotatable bonds is 1. The minimum atomic E-state index is -0.515. The van der Waals surface area contributed by atoms with Gasteiger partial charge in [0, 0.05) is 19.5 Å². The van der Waals surface area contributed by atoms with Gasteiger partial charge in [-0.3, -0.25) is 4.79 Å². The van der Waals surface area contributed by atoms with E-state index >= 15 is 0 Å². The van der Waals surface area contributed by atoms with Crippen molar-refractivity contribution in [1.29, 1.82) is 0 Å². The fourth-order valence-corrected chi connectivity index (χ4v) is 3.23. The fourth-order valence-electron chi connectivity index (χ4n) is 2.98. The number of nitrogens with one attached hydrogen (secondary N) is 1. The Labute approximate surface area is 132 Å². The fraction of sp³-hybridized carbons (Fsp3) is 0.467. The van der Waals surface area contributed by atoms with Gasteiger partial charge in [0.2, 0.25) is 0 Å². The van der Waals surface area contributed by atoms with Gasteiger partial charge in [0.1, 0.15) is 11.4 Å². The average Bonchev–Trinajstić information content (AvgIpc) is 2.71. The molecule has 0 aliphatic carbocycles. The highest BCUT2D eigenvalue weighted by atomic mass is 35.5. The highest BCUT2D eigenvalue weighted by Crippen LogP contribution is 2.30. The summed E-state index contributed by atoms with van der Waals surface area (Å²) in [4.78, 5) is 25.5. The van der Waals surface area contributed by atoms with Crippen molar-refractivity contribution >= 4 is 23.6 Å². The largest absolute Gasteiger partial charge is 0.441 e. The van der Waals surface area contributed by atoms with Gasteiger partial charge >= 0.3 is 6.09 Å². The number of halogens is 2. The van der Waals surface area contributed by atoms with Crippen molar-refractivity contribution < 1.29 is 18.7 Å². The molecule has 22 heavy (non-hydrogen) atoms. The topological polar surface area (TPSA) is 58.6 Å². The number of hydrogen-bond acceptors (Lipinski definition) is 3. The first-order valence-electron chi connectivity index (χ1n) is 7.20. The van der Waals surface area contributed by atoms with Gasteiger partial charge in [-0.2, -0.15) is 0 Å². The molecule has 0 saturated carbocycles. The third kappa shape index (κ3) is 2.88. The lowest BCUT2D eigenvalue weighted by atomic mass is 9.95. The first-order chi connectivity index (χ1) is 10.5. The number of amides is 2. The van der Waals surface area contributed by atoms with Crippen LogP contribution in [0.15, 0.2) is 18.2 Å². The lowest BCUT2D eigenvalue weighted by Gasteiger charge is -2.25. The SMILES string of the molecule is O=C1NC[C@@]2(CCCN(C(=O)c3ccc(F)cc3Cl)CC2)O1. The van der Waals surface area contributed by atoms with Crippen molar-refractivity contribution in [2.24, 2.45) is 0 Å². The molecule has 0 aromatic heterocycles. The molecule has 0 unspecified atom stereocenters. The monoisotopic (exact) mass is 326 g/mol. The molecule has 2 aliphatic heterocycles. The molecule has 1 aromatic rings. The summed E-state index contributed by atoms with van der Waals surface area (Å²) in [5, 5.41) is 2.78. The molecule has 0 radical (unpaired) electrons. The predicted molar refractivity (Wildman–Crippen MR) is 78.4 cm³/mol. The minimum absolute atomic E-state index is 0.109. The van der Waals surface area contributed by atoms with Crippen LogP contribution in [-0.4, -0.2) is 42.1 Å². The highest BCUT2D eigenvalue weighted by molar-refractivity contribution is 6.33. The number of hydrogen-bond donors (Lipinski definition) is 1. The van der Waals surface area contributed by atoms with Crippen LogP contribution in [0.2, 0.25) is 5.02 Å². The summed E-state index contributed by atoms with van der Waals surface area (Å²) in [6.45, 7) is 1.51. The molecule has 1 atom stereocenters. The van der Waals surface area contributed by atoms with Crippen molar-refractivity contribution in [3.8, 4) is 0 Å². The molecule has 2 saturated heterocycles. The zero-order valence-electron chi connectivity index (χ0n) is 11.9. The summed E-state index contributed by atoms with van der Waals surface area (Å²) in [5.74, 6) is -0.695. The van der Waals surface area contributed by atoms with Gasteiger partial charge in [0.15, 0.2) is 0 Å². The Morgan fingerprint density at radius 1 is 1.36 bits per heavy atom. The number of ether oxygens (including phenoxy) is 1. The van der Waals surface area contributed by atoms with Crippen LogP contribution < -0.4 is 5.32 Å². The van der Waals surface area contributed by atoms with Crippen LogP contribution >= 0.6 is 11.6 Å². The number of benzene rings is 1. The van der Waals surface area contributed by atoms with Crippen LogP contribution in [0, 0.1) is 5.82 Å². The molecule has 1 N–H and O–H groups in total. The summed E-state index contributed by atoms with van der Waals surface area (Å²) in [6.07, 6.45) is 1.63. The van der Waals surface area contributed by atoms with Crippen LogP contribution in [0.4, 0.5) is 9.18 Å². The Balaban J connectivity index is 1.73. The van der Waals surface area contributed by atoms with Crippen LogP contribution in [0.1, 0.15) is 29.6 Å². The lowest BCUT2D eigenvalue weighted by Crippen LogP contribution is -2.36. The molecule has 0 bridgehead atoms. The third-order valence-corrected chi connectivity index (χ3v) is 4.52. The maximum absolute atomic E-state index is 13.1. The van der Waals surface area contributed by atoms with Gasteiger partial charge in [-0.05, 0) is 31.0 Å². The Kier molecular flexibility index (Phi) is 3.95. The van der Waals surface area contributed by atoms with E-state index in [0.717, 1.165) is 12.5 Å². The number of carbonyl (C=O) groups excluding carboxylic acids is 2. The first-order valence-corrected chi connectivity index (χ1v) is 7.58. The molecule has 2 amide bonds. The standard InChI is InChI=1S/C15H16ClFN2O3/c16-12-8-10(17)2-3-11(12)13(20)19-6-1-4-15(5-7-19)9-18-14(21)22-15/h2-3,8H,1,4-7,9H2,(H,18,21)/t15-/m0/s1. The summed E-state index contributed by atoms with van der Waals surface area (Å²) < 4.78 is 18.5. The number of likely N-dealkylation sites (tertiary alicyclic amines) is 1. The summed E-state index contributed by atoms with van der Waals surface area (Å²) >= 11 is 5.96. The van der Waals surface area contributed by atoms with E-state index in [9.17, 15) is 14.0 Å². The molecule has 2 fully saturated rings. The van der Waals surface area contributed by atoms with Crippen molar-refractivity contribution in [3.05, 3.63) is 34.6 Å². The van der Waals surface area contributed by atoms with E-state index in [-0.39, 0.29) is 10.9 Å². The first kappa shape index (κ1) is 15.1. The Hall–Kier alpha value is -1.82. The van der Waals surface area contributed by atoms with Gasteiger partial charge in [-0.1, -0.05) is 11.6 Å². The molecule has 5 nitrogen and oxygen atoms in total. The van der Waals surface area contributed by atoms with Crippen LogP contribution in [0.3, 0.4) is 0 Å². The highest BCUT2D eigenvalue weighted by Gasteiger charge is 2.42. The molecule has 1 aromatic carbocycles. The molecule has 1 spiro atoms.